The first-order valence-corrected chi connectivity index (χ1v) is 4.75. The van der Waals surface area contributed by atoms with Crippen LogP contribution in [0.15, 0.2) is 24.8 Å². The highest BCUT2D eigenvalue weighted by atomic mass is 35.5. The Labute approximate surface area is 85.2 Å². The first-order valence-electron chi connectivity index (χ1n) is 4.37. The molecule has 0 heterocycles. The Balaban J connectivity index is 3.20. The molecule has 0 aliphatic rings. The van der Waals surface area contributed by atoms with Gasteiger partial charge in [0.2, 0.25) is 0 Å². The molecule has 0 nitrogen and oxygen atoms in total. The van der Waals surface area contributed by atoms with Gasteiger partial charge in [-0.2, -0.15) is 0 Å². The predicted molar refractivity (Wildman–Crippen MR) is 60.1 cm³/mol. The van der Waals surface area contributed by atoms with Gasteiger partial charge < -0.3 is 0 Å². The van der Waals surface area contributed by atoms with Gasteiger partial charge >= 0.3 is 0 Å². The zero-order chi connectivity index (χ0) is 10.1. The van der Waals surface area contributed by atoms with Crippen LogP contribution in [-0.2, 0) is 4.87 Å². The second-order valence-electron chi connectivity index (χ2n) is 3.75. The van der Waals surface area contributed by atoms with Crippen molar-refractivity contribution >= 4 is 17.7 Å². The van der Waals surface area contributed by atoms with Crippen LogP contribution in [0.1, 0.15) is 30.5 Å². The second-order valence-corrected chi connectivity index (χ2v) is 4.70. The van der Waals surface area contributed by atoms with E-state index in [2.05, 4.69) is 25.6 Å². The lowest BCUT2D eigenvalue weighted by molar-refractivity contribution is 0.758. The van der Waals surface area contributed by atoms with Crippen LogP contribution in [0, 0.1) is 6.92 Å². The lowest BCUT2D eigenvalue weighted by Gasteiger charge is -2.19. The molecule has 0 spiro atoms. The van der Waals surface area contributed by atoms with Crippen molar-refractivity contribution in [2.45, 2.75) is 25.6 Å². The van der Waals surface area contributed by atoms with Gasteiger partial charge in [-0.1, -0.05) is 30.9 Å². The van der Waals surface area contributed by atoms with Gasteiger partial charge in [-0.05, 0) is 37.5 Å². The highest BCUT2D eigenvalue weighted by molar-refractivity contribution is 6.23. The Hall–Kier alpha value is -0.750. The Kier molecular flexibility index (Phi) is 2.82. The molecular weight excluding hydrogens is 180 g/mol. The Morgan fingerprint density at radius 3 is 2.38 bits per heavy atom. The third-order valence-corrected chi connectivity index (χ3v) is 2.33. The van der Waals surface area contributed by atoms with Crippen LogP contribution >= 0.6 is 11.6 Å². The van der Waals surface area contributed by atoms with Crippen LogP contribution in [-0.4, -0.2) is 0 Å². The zero-order valence-corrected chi connectivity index (χ0v) is 9.15. The molecule has 0 unspecified atom stereocenters. The highest BCUT2D eigenvalue weighted by Gasteiger charge is 2.18. The molecule has 0 saturated heterocycles. The van der Waals surface area contributed by atoms with Crippen molar-refractivity contribution in [3.63, 3.8) is 0 Å². The molecule has 1 heteroatoms. The molecule has 0 fully saturated rings. The summed E-state index contributed by atoms with van der Waals surface area (Å²) in [7, 11) is 0. The fourth-order valence-corrected chi connectivity index (χ4v) is 1.69. The molecule has 0 atom stereocenters. The topological polar surface area (TPSA) is 0 Å². The van der Waals surface area contributed by atoms with Crippen molar-refractivity contribution < 1.29 is 0 Å². The van der Waals surface area contributed by atoms with E-state index < -0.39 is 0 Å². The van der Waals surface area contributed by atoms with Crippen molar-refractivity contribution in [3.05, 3.63) is 41.5 Å². The van der Waals surface area contributed by atoms with Crippen LogP contribution in [0.2, 0.25) is 0 Å². The smallest absolute Gasteiger partial charge is 0.0641 e. The van der Waals surface area contributed by atoms with Crippen molar-refractivity contribution in [2.24, 2.45) is 0 Å². The van der Waals surface area contributed by atoms with Gasteiger partial charge in [0.05, 0.1) is 4.87 Å². The fourth-order valence-electron chi connectivity index (χ4n) is 1.48. The van der Waals surface area contributed by atoms with Crippen molar-refractivity contribution in [2.75, 3.05) is 0 Å². The average Bonchev–Trinajstić information content (AvgIpc) is 2.01. The van der Waals surface area contributed by atoms with E-state index in [1.165, 1.54) is 11.1 Å². The molecule has 0 amide bonds. The summed E-state index contributed by atoms with van der Waals surface area (Å²) in [5.74, 6) is 0. The van der Waals surface area contributed by atoms with E-state index in [4.69, 9.17) is 11.6 Å². The lowest BCUT2D eigenvalue weighted by atomic mass is 9.95. The molecule has 13 heavy (non-hydrogen) atoms. The SMILES string of the molecule is C=Cc1ccc(C(C)(C)Cl)c(C)c1. The third-order valence-electron chi connectivity index (χ3n) is 2.13. The third kappa shape index (κ3) is 2.35. The van der Waals surface area contributed by atoms with E-state index >= 15 is 0 Å². The first-order chi connectivity index (χ1) is 5.95. The molecule has 1 aromatic rings. The normalized spacial score (nSPS) is 11.4. The summed E-state index contributed by atoms with van der Waals surface area (Å²) in [5, 5.41) is 0. The van der Waals surface area contributed by atoms with E-state index in [1.54, 1.807) is 0 Å². The summed E-state index contributed by atoms with van der Waals surface area (Å²) in [5.41, 5.74) is 3.54. The van der Waals surface area contributed by atoms with Gasteiger partial charge in [0.15, 0.2) is 0 Å². The molecule has 0 aliphatic heterocycles. The zero-order valence-electron chi connectivity index (χ0n) is 8.39. The quantitative estimate of drug-likeness (QED) is 0.622. The minimum absolute atomic E-state index is 0.288. The number of hydrogen-bond donors (Lipinski definition) is 0. The Morgan fingerprint density at radius 1 is 1.38 bits per heavy atom. The largest absolute Gasteiger partial charge is 0.115 e. The molecule has 1 aromatic carbocycles. The molecule has 70 valence electrons. The standard InChI is InChI=1S/C12H15Cl/c1-5-10-6-7-11(9(2)8-10)12(3,4)13/h5-8H,1H2,2-4H3. The fraction of sp³-hybridized carbons (Fsp3) is 0.333. The Bertz CT molecular complexity index is 318. The number of alkyl halides is 1. The average molecular weight is 195 g/mol. The second kappa shape index (κ2) is 3.55. The summed E-state index contributed by atoms with van der Waals surface area (Å²) in [6, 6.07) is 6.21. The molecule has 0 aromatic heterocycles. The predicted octanol–water partition coefficient (Wildman–Crippen LogP) is 4.11. The van der Waals surface area contributed by atoms with Crippen LogP contribution in [0.5, 0.6) is 0 Å². The number of benzene rings is 1. The molecule has 0 N–H and O–H groups in total. The maximum absolute atomic E-state index is 6.23. The van der Waals surface area contributed by atoms with Crippen LogP contribution in [0.3, 0.4) is 0 Å². The molecule has 0 radical (unpaired) electrons. The van der Waals surface area contributed by atoms with Gasteiger partial charge in [0, 0.05) is 0 Å². The van der Waals surface area contributed by atoms with Gasteiger partial charge in [0.1, 0.15) is 0 Å². The lowest BCUT2D eigenvalue weighted by Crippen LogP contribution is -2.09. The van der Waals surface area contributed by atoms with E-state index in [1.807, 2.05) is 26.0 Å². The summed E-state index contributed by atoms with van der Waals surface area (Å²) < 4.78 is 0. The molecule has 1 rings (SSSR count). The number of halogens is 1. The Morgan fingerprint density at radius 2 is 2.00 bits per heavy atom. The van der Waals surface area contributed by atoms with E-state index in [0.29, 0.717) is 0 Å². The van der Waals surface area contributed by atoms with Gasteiger partial charge in [-0.15, -0.1) is 11.6 Å². The summed E-state index contributed by atoms with van der Waals surface area (Å²) in [6.07, 6.45) is 1.85. The van der Waals surface area contributed by atoms with Crippen LogP contribution in [0.25, 0.3) is 6.08 Å². The minimum atomic E-state index is -0.288. The maximum atomic E-state index is 6.23. The van der Waals surface area contributed by atoms with E-state index in [9.17, 15) is 0 Å². The molecule has 0 aliphatic carbocycles. The van der Waals surface area contributed by atoms with Gasteiger partial charge in [-0.25, -0.2) is 0 Å². The molecule has 0 saturated carbocycles. The highest BCUT2D eigenvalue weighted by Crippen LogP contribution is 2.30. The maximum Gasteiger partial charge on any atom is 0.0641 e. The number of rotatable bonds is 2. The van der Waals surface area contributed by atoms with Gasteiger partial charge in [-0.3, -0.25) is 0 Å². The summed E-state index contributed by atoms with van der Waals surface area (Å²) in [4.78, 5) is -0.288. The number of hydrogen-bond acceptors (Lipinski definition) is 0. The summed E-state index contributed by atoms with van der Waals surface area (Å²) in [6.45, 7) is 9.82. The van der Waals surface area contributed by atoms with E-state index in [0.717, 1.165) is 5.56 Å². The van der Waals surface area contributed by atoms with Crippen LogP contribution in [0.4, 0.5) is 0 Å². The van der Waals surface area contributed by atoms with Crippen molar-refractivity contribution in [1.82, 2.24) is 0 Å². The number of aryl methyl sites for hydroxylation is 1. The van der Waals surface area contributed by atoms with Gasteiger partial charge in [0.25, 0.3) is 0 Å². The van der Waals surface area contributed by atoms with Crippen molar-refractivity contribution in [3.8, 4) is 0 Å². The minimum Gasteiger partial charge on any atom is -0.115 e. The summed E-state index contributed by atoms with van der Waals surface area (Å²) >= 11 is 6.23. The molecule has 0 bridgehead atoms. The first kappa shape index (κ1) is 10.3. The van der Waals surface area contributed by atoms with E-state index in [-0.39, 0.29) is 4.87 Å². The van der Waals surface area contributed by atoms with Crippen molar-refractivity contribution in [1.29, 1.82) is 0 Å². The monoisotopic (exact) mass is 194 g/mol. The molecular formula is C12H15Cl. The van der Waals surface area contributed by atoms with Crippen LogP contribution < -0.4 is 0 Å².